The molecule has 0 aliphatic rings. The number of nitrogens with one attached hydrogen (secondary N) is 2. The average molecular weight is 294 g/mol. The molecule has 2 amide bonds. The van der Waals surface area contributed by atoms with Gasteiger partial charge in [0.25, 0.3) is 0 Å². The lowest BCUT2D eigenvalue weighted by atomic mass is 10.1. The van der Waals surface area contributed by atoms with Crippen LogP contribution in [0.5, 0.6) is 0 Å². The van der Waals surface area contributed by atoms with Gasteiger partial charge < -0.3 is 15.2 Å². The van der Waals surface area contributed by atoms with Crippen LogP contribution in [0, 0.1) is 5.92 Å². The van der Waals surface area contributed by atoms with Crippen LogP contribution in [0.15, 0.2) is 18.2 Å². The van der Waals surface area contributed by atoms with Crippen molar-refractivity contribution in [3.05, 3.63) is 23.8 Å². The largest absolute Gasteiger partial charge is 0.478 e. The summed E-state index contributed by atoms with van der Waals surface area (Å²) >= 11 is 0. The van der Waals surface area contributed by atoms with Crippen LogP contribution in [0.25, 0.3) is 0 Å². The minimum absolute atomic E-state index is 0.102. The topological polar surface area (TPSA) is 105 Å². The van der Waals surface area contributed by atoms with Crippen molar-refractivity contribution in [2.24, 2.45) is 5.92 Å². The fourth-order valence-corrected chi connectivity index (χ4v) is 1.50. The zero-order valence-corrected chi connectivity index (χ0v) is 12.1. The highest BCUT2D eigenvalue weighted by Gasteiger charge is 2.14. The first-order valence-electron chi connectivity index (χ1n) is 6.38. The van der Waals surface area contributed by atoms with E-state index in [1.54, 1.807) is 0 Å². The lowest BCUT2D eigenvalue weighted by molar-refractivity contribution is -0.114. The zero-order chi connectivity index (χ0) is 16.0. The van der Waals surface area contributed by atoms with E-state index in [0.29, 0.717) is 5.69 Å². The third-order valence-electron chi connectivity index (χ3n) is 2.35. The Labute approximate surface area is 122 Å². The third-order valence-corrected chi connectivity index (χ3v) is 2.35. The van der Waals surface area contributed by atoms with Gasteiger partial charge in [-0.25, -0.2) is 9.59 Å². The van der Waals surface area contributed by atoms with E-state index in [9.17, 15) is 14.4 Å². The highest BCUT2D eigenvalue weighted by molar-refractivity contribution is 6.00. The van der Waals surface area contributed by atoms with Crippen molar-refractivity contribution in [1.82, 2.24) is 0 Å². The van der Waals surface area contributed by atoms with E-state index in [0.717, 1.165) is 0 Å². The van der Waals surface area contributed by atoms with E-state index in [1.165, 1.54) is 25.1 Å². The monoisotopic (exact) mass is 294 g/mol. The highest BCUT2D eigenvalue weighted by atomic mass is 16.5. The molecule has 3 N–H and O–H groups in total. The van der Waals surface area contributed by atoms with Crippen LogP contribution in [0.4, 0.5) is 16.2 Å². The van der Waals surface area contributed by atoms with Crippen LogP contribution in [0.2, 0.25) is 0 Å². The number of carbonyl (C=O) groups excluding carboxylic acids is 2. The number of amides is 2. The number of aromatic carboxylic acids is 1. The van der Waals surface area contributed by atoms with Crippen molar-refractivity contribution in [2.45, 2.75) is 20.8 Å². The van der Waals surface area contributed by atoms with E-state index in [2.05, 4.69) is 10.6 Å². The predicted octanol–water partition coefficient (Wildman–Crippen LogP) is 2.55. The molecule has 1 rings (SSSR count). The Hall–Kier alpha value is -2.57. The van der Waals surface area contributed by atoms with Crippen LogP contribution in [0.1, 0.15) is 31.1 Å². The van der Waals surface area contributed by atoms with Crippen LogP contribution in [-0.4, -0.2) is 29.7 Å². The minimum atomic E-state index is -1.22. The highest BCUT2D eigenvalue weighted by Crippen LogP contribution is 2.21. The Morgan fingerprint density at radius 1 is 1.24 bits per heavy atom. The average Bonchev–Trinajstić information content (AvgIpc) is 2.37. The maximum absolute atomic E-state index is 11.6. The van der Waals surface area contributed by atoms with Crippen molar-refractivity contribution in [3.63, 3.8) is 0 Å². The molecule has 1 aromatic rings. The Bertz CT molecular complexity index is 554. The molecule has 0 aliphatic heterocycles. The number of hydrogen-bond donors (Lipinski definition) is 3. The summed E-state index contributed by atoms with van der Waals surface area (Å²) in [5.41, 5.74) is 0.300. The zero-order valence-electron chi connectivity index (χ0n) is 12.1. The second kappa shape index (κ2) is 7.28. The van der Waals surface area contributed by atoms with Crippen molar-refractivity contribution in [1.29, 1.82) is 0 Å². The van der Waals surface area contributed by atoms with Crippen molar-refractivity contribution in [2.75, 3.05) is 17.2 Å². The number of benzene rings is 1. The number of carboxylic acids is 1. The summed E-state index contributed by atoms with van der Waals surface area (Å²) in [5, 5.41) is 14.0. The molecular weight excluding hydrogens is 276 g/mol. The summed E-state index contributed by atoms with van der Waals surface area (Å²) in [6.45, 7) is 5.32. The van der Waals surface area contributed by atoms with Crippen LogP contribution in [0.3, 0.4) is 0 Å². The fraction of sp³-hybridized carbons (Fsp3) is 0.357. The molecule has 0 saturated heterocycles. The molecule has 114 valence electrons. The Balaban J connectivity index is 2.88. The van der Waals surface area contributed by atoms with Gasteiger partial charge >= 0.3 is 12.1 Å². The predicted molar refractivity (Wildman–Crippen MR) is 77.5 cm³/mol. The first-order valence-corrected chi connectivity index (χ1v) is 6.38. The normalized spacial score (nSPS) is 10.1. The lowest BCUT2D eigenvalue weighted by Gasteiger charge is -2.12. The maximum Gasteiger partial charge on any atom is 0.411 e. The van der Waals surface area contributed by atoms with E-state index in [-0.39, 0.29) is 29.7 Å². The van der Waals surface area contributed by atoms with Gasteiger partial charge in [0.15, 0.2) is 0 Å². The van der Waals surface area contributed by atoms with Gasteiger partial charge in [-0.15, -0.1) is 0 Å². The fourth-order valence-electron chi connectivity index (χ4n) is 1.50. The van der Waals surface area contributed by atoms with Crippen LogP contribution >= 0.6 is 0 Å². The molecule has 0 fully saturated rings. The molecule has 0 heterocycles. The van der Waals surface area contributed by atoms with E-state index in [1.807, 2.05) is 13.8 Å². The van der Waals surface area contributed by atoms with Gasteiger partial charge in [0, 0.05) is 12.6 Å². The van der Waals surface area contributed by atoms with E-state index >= 15 is 0 Å². The SMILES string of the molecule is CC(=O)Nc1ccc(NC(=O)OCC(C)C)c(C(=O)O)c1. The molecular formula is C14H18N2O5. The number of anilines is 2. The number of ether oxygens (including phenoxy) is 1. The van der Waals surface area contributed by atoms with Crippen molar-refractivity contribution in [3.8, 4) is 0 Å². The molecule has 21 heavy (non-hydrogen) atoms. The summed E-state index contributed by atoms with van der Waals surface area (Å²) in [6.07, 6.45) is -0.724. The van der Waals surface area contributed by atoms with Crippen molar-refractivity contribution < 1.29 is 24.2 Å². The smallest absolute Gasteiger partial charge is 0.411 e. The summed E-state index contributed by atoms with van der Waals surface area (Å²) in [4.78, 5) is 33.7. The number of rotatable bonds is 5. The maximum atomic E-state index is 11.6. The van der Waals surface area contributed by atoms with Gasteiger partial charge in [-0.1, -0.05) is 13.8 Å². The number of hydrogen-bond acceptors (Lipinski definition) is 4. The molecule has 0 aromatic heterocycles. The van der Waals surface area contributed by atoms with E-state index < -0.39 is 12.1 Å². The number of carbonyl (C=O) groups is 3. The van der Waals surface area contributed by atoms with Gasteiger partial charge in [0.05, 0.1) is 17.9 Å². The van der Waals surface area contributed by atoms with Gasteiger partial charge in [0.2, 0.25) is 5.91 Å². The summed E-state index contributed by atoms with van der Waals surface area (Å²) in [5.74, 6) is -1.36. The first kappa shape index (κ1) is 16.5. The molecule has 0 atom stereocenters. The number of carboxylic acid groups (broad SMARTS) is 1. The second-order valence-corrected chi connectivity index (χ2v) is 4.86. The quantitative estimate of drug-likeness (QED) is 0.774. The molecule has 1 aromatic carbocycles. The van der Waals surface area contributed by atoms with Crippen LogP contribution < -0.4 is 10.6 Å². The Morgan fingerprint density at radius 2 is 1.90 bits per heavy atom. The molecule has 0 bridgehead atoms. The molecule has 0 aliphatic carbocycles. The Kier molecular flexibility index (Phi) is 5.71. The summed E-state index contributed by atoms with van der Waals surface area (Å²) in [7, 11) is 0. The molecule has 7 heteroatoms. The Morgan fingerprint density at radius 3 is 2.43 bits per heavy atom. The van der Waals surface area contributed by atoms with Crippen molar-refractivity contribution >= 4 is 29.3 Å². The molecule has 0 unspecified atom stereocenters. The van der Waals surface area contributed by atoms with Gasteiger partial charge in [0.1, 0.15) is 0 Å². The third kappa shape index (κ3) is 5.52. The molecule has 0 spiro atoms. The minimum Gasteiger partial charge on any atom is -0.478 e. The van der Waals surface area contributed by atoms with Gasteiger partial charge in [-0.2, -0.15) is 0 Å². The van der Waals surface area contributed by atoms with E-state index in [4.69, 9.17) is 9.84 Å². The molecule has 7 nitrogen and oxygen atoms in total. The van der Waals surface area contributed by atoms with Gasteiger partial charge in [-0.05, 0) is 24.1 Å². The molecule has 0 saturated carbocycles. The standard InChI is InChI=1S/C14H18N2O5/c1-8(2)7-21-14(20)16-12-5-4-10(15-9(3)17)6-11(12)13(18)19/h4-6,8H,7H2,1-3H3,(H,15,17)(H,16,20)(H,18,19). The van der Waals surface area contributed by atoms with Gasteiger partial charge in [-0.3, -0.25) is 10.1 Å². The molecule has 0 radical (unpaired) electrons. The second-order valence-electron chi connectivity index (χ2n) is 4.86. The summed E-state index contributed by atoms with van der Waals surface area (Å²) < 4.78 is 4.92. The lowest BCUT2D eigenvalue weighted by Crippen LogP contribution is -2.18. The summed E-state index contributed by atoms with van der Waals surface area (Å²) in [6, 6.07) is 4.15. The van der Waals surface area contributed by atoms with Crippen LogP contribution in [-0.2, 0) is 9.53 Å². The first-order chi connectivity index (χ1) is 9.79.